The van der Waals surface area contributed by atoms with Crippen LogP contribution in [0, 0.1) is 0 Å². The number of nitrogens with two attached hydrogens (primary N) is 1. The largest absolute Gasteiger partial charge is 0.489 e. The normalized spacial score (nSPS) is 11.7. The van der Waals surface area contributed by atoms with Crippen LogP contribution in [-0.4, -0.2) is 18.0 Å². The Hall–Kier alpha value is -2.31. The molecule has 2 aromatic rings. The lowest BCUT2D eigenvalue weighted by Gasteiger charge is -2.15. The molecule has 0 aromatic heterocycles. The number of carboxylic acid groups (broad SMARTS) is 1. The van der Waals surface area contributed by atoms with E-state index in [-0.39, 0.29) is 0 Å². The fraction of sp³-hybridized carbons (Fsp3) is 0.235. The molecule has 0 saturated carbocycles. The van der Waals surface area contributed by atoms with Crippen LogP contribution >= 0.6 is 0 Å². The number of benzene rings is 2. The summed E-state index contributed by atoms with van der Waals surface area (Å²) in [6.07, 6.45) is 0.354. The molecule has 23 heavy (non-hydrogen) atoms. The molecule has 0 unspecified atom stereocenters. The highest BCUT2D eigenvalue weighted by Gasteiger charge is 2.29. The summed E-state index contributed by atoms with van der Waals surface area (Å²) in [6.45, 7) is 1.59. The van der Waals surface area contributed by atoms with E-state index in [0.717, 1.165) is 16.9 Å². The van der Waals surface area contributed by atoms with E-state index in [1.807, 2.05) is 54.6 Å². The van der Waals surface area contributed by atoms with E-state index in [1.165, 1.54) is 0 Å². The van der Waals surface area contributed by atoms with E-state index in [4.69, 9.17) is 10.6 Å². The van der Waals surface area contributed by atoms with Crippen LogP contribution in [0.3, 0.4) is 0 Å². The lowest BCUT2D eigenvalue weighted by Crippen LogP contribution is -2.31. The van der Waals surface area contributed by atoms with Gasteiger partial charge in [0.2, 0.25) is 0 Å². The van der Waals surface area contributed by atoms with Crippen molar-refractivity contribution in [3.05, 3.63) is 65.7 Å². The zero-order valence-corrected chi connectivity index (χ0v) is 13.0. The molecule has 0 saturated heterocycles. The highest BCUT2D eigenvalue weighted by molar-refractivity contribution is 6.56. The Morgan fingerprint density at radius 1 is 1.13 bits per heavy atom. The van der Waals surface area contributed by atoms with Gasteiger partial charge in [0.25, 0.3) is 0 Å². The maximum atomic E-state index is 11.3. The molecule has 1 atom stereocenters. The average Bonchev–Trinajstić information content (AvgIpc) is 2.59. The summed E-state index contributed by atoms with van der Waals surface area (Å²) in [5.41, 5.74) is 1.99. The van der Waals surface area contributed by atoms with Gasteiger partial charge in [0.15, 0.2) is 0 Å². The van der Waals surface area contributed by atoms with Crippen molar-refractivity contribution < 1.29 is 19.4 Å². The SMILES string of the molecule is CB(ON)[C@H](Cc1ccc(OCc2ccccc2)cc1)C(=O)O. The quantitative estimate of drug-likeness (QED) is 0.578. The molecule has 2 rings (SSSR count). The standard InChI is InChI=1S/C17H20BNO4/c1-18(23-19)16(17(20)21)11-13-7-9-15(10-8-13)22-12-14-5-3-2-4-6-14/h2-10,16H,11-12,19H2,1H3,(H,20,21)/t16-/m1/s1. The third-order valence-corrected chi connectivity index (χ3v) is 3.73. The summed E-state index contributed by atoms with van der Waals surface area (Å²) >= 11 is 0. The fourth-order valence-corrected chi connectivity index (χ4v) is 2.27. The minimum atomic E-state index is -0.924. The number of rotatable bonds is 8. The van der Waals surface area contributed by atoms with Crippen LogP contribution in [0.2, 0.25) is 12.6 Å². The predicted molar refractivity (Wildman–Crippen MR) is 89.2 cm³/mol. The topological polar surface area (TPSA) is 81.8 Å². The number of aliphatic carboxylic acids is 1. The summed E-state index contributed by atoms with van der Waals surface area (Å²) in [4.78, 5) is 11.3. The number of carbonyl (C=O) groups is 1. The lowest BCUT2D eigenvalue weighted by molar-refractivity contribution is -0.137. The lowest BCUT2D eigenvalue weighted by atomic mass is 9.56. The zero-order chi connectivity index (χ0) is 16.7. The van der Waals surface area contributed by atoms with Crippen LogP contribution in [0.5, 0.6) is 5.75 Å². The molecule has 2 aromatic carbocycles. The van der Waals surface area contributed by atoms with Gasteiger partial charge >= 0.3 is 12.9 Å². The first-order chi connectivity index (χ1) is 11.1. The van der Waals surface area contributed by atoms with Crippen molar-refractivity contribution in [1.29, 1.82) is 0 Å². The molecule has 0 spiro atoms. The second-order valence-corrected chi connectivity index (χ2v) is 5.41. The molecule has 120 valence electrons. The third kappa shape index (κ3) is 5.12. The smallest absolute Gasteiger partial charge is 0.332 e. The van der Waals surface area contributed by atoms with Crippen molar-refractivity contribution in [3.8, 4) is 5.75 Å². The van der Waals surface area contributed by atoms with Crippen molar-refractivity contribution in [1.82, 2.24) is 0 Å². The molecule has 3 N–H and O–H groups in total. The molecule has 0 amide bonds. The molecule has 0 aliphatic carbocycles. The van der Waals surface area contributed by atoms with E-state index in [1.54, 1.807) is 6.82 Å². The van der Waals surface area contributed by atoms with E-state index < -0.39 is 18.7 Å². The third-order valence-electron chi connectivity index (χ3n) is 3.73. The Morgan fingerprint density at radius 2 is 1.78 bits per heavy atom. The van der Waals surface area contributed by atoms with E-state index in [0.29, 0.717) is 13.0 Å². The van der Waals surface area contributed by atoms with Gasteiger partial charge in [-0.25, -0.2) is 5.90 Å². The van der Waals surface area contributed by atoms with Gasteiger partial charge in [0.1, 0.15) is 12.4 Å². The Balaban J connectivity index is 1.94. The molecule has 5 nitrogen and oxygen atoms in total. The summed E-state index contributed by atoms with van der Waals surface area (Å²) in [5, 5.41) is 9.24. The molecule has 0 bridgehead atoms. The van der Waals surface area contributed by atoms with E-state index in [9.17, 15) is 9.90 Å². The number of hydrogen-bond acceptors (Lipinski definition) is 4. The second kappa shape index (κ2) is 8.36. The highest BCUT2D eigenvalue weighted by atomic mass is 16.6. The molecule has 0 aliphatic rings. The van der Waals surface area contributed by atoms with E-state index in [2.05, 4.69) is 4.76 Å². The predicted octanol–water partition coefficient (Wildman–Crippen LogP) is 2.77. The molecular formula is C17H20BNO4. The number of ether oxygens (including phenoxy) is 1. The van der Waals surface area contributed by atoms with Crippen molar-refractivity contribution in [3.63, 3.8) is 0 Å². The van der Waals surface area contributed by atoms with E-state index >= 15 is 0 Å². The minimum absolute atomic E-state index is 0.354. The molecule has 6 heteroatoms. The number of carboxylic acids is 1. The monoisotopic (exact) mass is 313 g/mol. The zero-order valence-electron chi connectivity index (χ0n) is 13.0. The van der Waals surface area contributed by atoms with Gasteiger partial charge in [-0.05, 0) is 29.7 Å². The van der Waals surface area contributed by atoms with Gasteiger partial charge in [-0.2, -0.15) is 0 Å². The molecule has 0 fully saturated rings. The summed E-state index contributed by atoms with van der Waals surface area (Å²) < 4.78 is 10.4. The highest BCUT2D eigenvalue weighted by Crippen LogP contribution is 2.21. The van der Waals surface area contributed by atoms with Crippen LogP contribution in [-0.2, 0) is 22.6 Å². The van der Waals surface area contributed by atoms with Gasteiger partial charge in [-0.1, -0.05) is 49.3 Å². The Bertz CT molecular complexity index is 618. The van der Waals surface area contributed by atoms with Crippen molar-refractivity contribution in [2.75, 3.05) is 0 Å². The van der Waals surface area contributed by atoms with Crippen LogP contribution in [0.4, 0.5) is 0 Å². The van der Waals surface area contributed by atoms with Crippen molar-refractivity contribution in [2.45, 2.75) is 25.7 Å². The maximum absolute atomic E-state index is 11.3. The Kier molecular flexibility index (Phi) is 6.20. The first kappa shape index (κ1) is 17.1. The summed E-state index contributed by atoms with van der Waals surface area (Å²) in [5.74, 6) is 4.24. The first-order valence-corrected chi connectivity index (χ1v) is 7.44. The van der Waals surface area contributed by atoms with Gasteiger partial charge < -0.3 is 14.6 Å². The second-order valence-electron chi connectivity index (χ2n) is 5.41. The van der Waals surface area contributed by atoms with Crippen molar-refractivity contribution >= 4 is 12.9 Å². The molecular weight excluding hydrogens is 293 g/mol. The average molecular weight is 313 g/mol. The van der Waals surface area contributed by atoms with Crippen molar-refractivity contribution in [2.24, 2.45) is 5.90 Å². The summed E-state index contributed by atoms with van der Waals surface area (Å²) in [6, 6.07) is 17.3. The van der Waals surface area contributed by atoms with Gasteiger partial charge in [0.05, 0.1) is 5.82 Å². The van der Waals surface area contributed by atoms with Gasteiger partial charge in [0, 0.05) is 0 Å². The Labute approximate surface area is 136 Å². The molecule has 0 heterocycles. The minimum Gasteiger partial charge on any atom is -0.489 e. The first-order valence-electron chi connectivity index (χ1n) is 7.44. The fourth-order valence-electron chi connectivity index (χ4n) is 2.27. The van der Waals surface area contributed by atoms with Gasteiger partial charge in [-0.3, -0.25) is 4.79 Å². The van der Waals surface area contributed by atoms with Crippen LogP contribution in [0.15, 0.2) is 54.6 Å². The Morgan fingerprint density at radius 3 is 2.35 bits per heavy atom. The molecule has 0 aliphatic heterocycles. The summed E-state index contributed by atoms with van der Waals surface area (Å²) in [7, 11) is 0. The van der Waals surface area contributed by atoms with Crippen LogP contribution < -0.4 is 10.6 Å². The number of hydrogen-bond donors (Lipinski definition) is 2. The molecule has 0 radical (unpaired) electrons. The maximum Gasteiger partial charge on any atom is 0.332 e. The van der Waals surface area contributed by atoms with Crippen LogP contribution in [0.25, 0.3) is 0 Å². The van der Waals surface area contributed by atoms with Crippen LogP contribution in [0.1, 0.15) is 11.1 Å². The van der Waals surface area contributed by atoms with Gasteiger partial charge in [-0.15, -0.1) is 0 Å².